The van der Waals surface area contributed by atoms with Gasteiger partial charge in [-0.3, -0.25) is 4.55 Å². The van der Waals surface area contributed by atoms with Crippen molar-refractivity contribution in [3.63, 3.8) is 0 Å². The van der Waals surface area contributed by atoms with Gasteiger partial charge in [0.1, 0.15) is 0 Å². The topological polar surface area (TPSA) is 63.6 Å². The van der Waals surface area contributed by atoms with Crippen molar-refractivity contribution in [3.8, 4) is 0 Å². The van der Waals surface area contributed by atoms with Crippen LogP contribution in [0.4, 0.5) is 26.3 Å². The second-order valence-corrected chi connectivity index (χ2v) is 9.45. The third kappa shape index (κ3) is 3.13. The van der Waals surface area contributed by atoms with Crippen LogP contribution in [0.2, 0.25) is 0 Å². The van der Waals surface area contributed by atoms with Crippen LogP contribution in [0.5, 0.6) is 0 Å². The first kappa shape index (κ1) is 20.2. The Morgan fingerprint density at radius 1 is 0.923 bits per heavy atom. The summed E-state index contributed by atoms with van der Waals surface area (Å²) in [7, 11) is -6.60. The van der Waals surface area contributed by atoms with Crippen molar-refractivity contribution in [1.29, 1.82) is 0 Å². The lowest BCUT2D eigenvalue weighted by atomic mass is 9.54. The number of alkyl halides is 6. The molecule has 0 amide bonds. The van der Waals surface area contributed by atoms with Crippen LogP contribution in [-0.4, -0.2) is 42.3 Å². The van der Waals surface area contributed by atoms with E-state index >= 15 is 0 Å². The number of halogens is 6. The quantitative estimate of drug-likeness (QED) is 0.529. The molecule has 152 valence electrons. The van der Waals surface area contributed by atoms with Gasteiger partial charge >= 0.3 is 21.5 Å². The molecule has 1 unspecified atom stereocenters. The Bertz CT molecular complexity index is 626. The molecule has 0 radical (unpaired) electrons. The highest BCUT2D eigenvalue weighted by molar-refractivity contribution is 7.87. The van der Waals surface area contributed by atoms with Gasteiger partial charge in [0.25, 0.3) is 5.67 Å². The molecular formula is C15H20F6O4S. The van der Waals surface area contributed by atoms with E-state index in [1.165, 1.54) is 0 Å². The first-order valence-electron chi connectivity index (χ1n) is 8.44. The molecule has 1 atom stereocenters. The smallest absolute Gasteiger partial charge is 0.375 e. The molecule has 26 heavy (non-hydrogen) atoms. The van der Waals surface area contributed by atoms with Crippen molar-refractivity contribution in [2.24, 2.45) is 17.8 Å². The van der Waals surface area contributed by atoms with Gasteiger partial charge in [-0.1, -0.05) is 0 Å². The summed E-state index contributed by atoms with van der Waals surface area (Å²) in [4.78, 5) is 0. The molecule has 4 fully saturated rings. The second kappa shape index (κ2) is 5.97. The molecule has 4 aliphatic rings. The lowest BCUT2D eigenvalue weighted by Gasteiger charge is -2.56. The van der Waals surface area contributed by atoms with Gasteiger partial charge in [-0.05, 0) is 56.3 Å². The van der Waals surface area contributed by atoms with Gasteiger partial charge in [0.05, 0.1) is 12.2 Å². The van der Waals surface area contributed by atoms with Gasteiger partial charge in [-0.25, -0.2) is 4.39 Å². The van der Waals surface area contributed by atoms with Crippen molar-refractivity contribution in [3.05, 3.63) is 0 Å². The van der Waals surface area contributed by atoms with Gasteiger partial charge < -0.3 is 4.74 Å². The van der Waals surface area contributed by atoms with E-state index < -0.39 is 45.8 Å². The van der Waals surface area contributed by atoms with Crippen LogP contribution >= 0.6 is 0 Å². The lowest BCUT2D eigenvalue weighted by Crippen LogP contribution is -2.60. The van der Waals surface area contributed by atoms with Gasteiger partial charge in [0.2, 0.25) is 0 Å². The molecule has 0 aliphatic heterocycles. The molecule has 0 aromatic heterocycles. The lowest BCUT2D eigenvalue weighted by molar-refractivity contribution is -0.288. The highest BCUT2D eigenvalue weighted by Crippen LogP contribution is 2.57. The first-order chi connectivity index (χ1) is 11.7. The van der Waals surface area contributed by atoms with Crippen molar-refractivity contribution >= 4 is 10.1 Å². The molecule has 0 aromatic carbocycles. The Hall–Kier alpha value is -0.550. The van der Waals surface area contributed by atoms with Gasteiger partial charge in [0.15, 0.2) is 0 Å². The van der Waals surface area contributed by atoms with E-state index in [4.69, 9.17) is 9.29 Å². The van der Waals surface area contributed by atoms with E-state index in [2.05, 4.69) is 0 Å². The minimum Gasteiger partial charge on any atom is -0.375 e. The molecule has 4 aliphatic carbocycles. The zero-order valence-corrected chi connectivity index (χ0v) is 14.6. The summed E-state index contributed by atoms with van der Waals surface area (Å²) in [5, 5.41) is -6.02. The maximum atomic E-state index is 14.2. The fourth-order valence-electron chi connectivity index (χ4n) is 5.27. The summed E-state index contributed by atoms with van der Waals surface area (Å²) >= 11 is 0. The predicted octanol–water partition coefficient (Wildman–Crippen LogP) is 4.11. The third-order valence-electron chi connectivity index (χ3n) is 6.07. The van der Waals surface area contributed by atoms with Crippen molar-refractivity contribution in [2.45, 2.75) is 67.6 Å². The Balaban J connectivity index is 1.74. The molecule has 4 bridgehead atoms. The molecule has 4 rings (SSSR count). The highest BCUT2D eigenvalue weighted by Gasteiger charge is 2.76. The van der Waals surface area contributed by atoms with Crippen LogP contribution in [0.3, 0.4) is 0 Å². The van der Waals surface area contributed by atoms with Crippen molar-refractivity contribution in [1.82, 2.24) is 0 Å². The maximum absolute atomic E-state index is 14.2. The zero-order valence-electron chi connectivity index (χ0n) is 13.7. The highest BCUT2D eigenvalue weighted by atomic mass is 32.2. The molecule has 11 heteroatoms. The molecule has 4 saturated carbocycles. The maximum Gasteiger partial charge on any atom is 0.429 e. The zero-order chi connectivity index (χ0) is 19.6. The minimum absolute atomic E-state index is 0.373. The Morgan fingerprint density at radius 3 is 1.69 bits per heavy atom. The van der Waals surface area contributed by atoms with Crippen LogP contribution < -0.4 is 0 Å². The molecule has 1 N–H and O–H groups in total. The van der Waals surface area contributed by atoms with Gasteiger partial charge in [-0.15, -0.1) is 0 Å². The Morgan fingerprint density at radius 2 is 1.35 bits per heavy atom. The van der Waals surface area contributed by atoms with Crippen LogP contribution in [0, 0.1) is 17.8 Å². The summed E-state index contributed by atoms with van der Waals surface area (Å²) in [6, 6.07) is 0. The monoisotopic (exact) mass is 410 g/mol. The van der Waals surface area contributed by atoms with E-state index in [9.17, 15) is 34.8 Å². The Labute approximate surface area is 147 Å². The van der Waals surface area contributed by atoms with E-state index in [1.807, 2.05) is 0 Å². The van der Waals surface area contributed by atoms with Crippen LogP contribution in [-0.2, 0) is 14.9 Å². The fourth-order valence-corrected chi connectivity index (χ4v) is 5.90. The summed E-state index contributed by atoms with van der Waals surface area (Å²) in [6.45, 7) is -1.01. The van der Waals surface area contributed by atoms with Crippen LogP contribution in [0.25, 0.3) is 0 Å². The molecule has 4 nitrogen and oxygen atoms in total. The largest absolute Gasteiger partial charge is 0.429 e. The van der Waals surface area contributed by atoms with Crippen LogP contribution in [0.1, 0.15) is 44.9 Å². The summed E-state index contributed by atoms with van der Waals surface area (Å²) in [5.41, 5.74) is -6.18. The SMILES string of the molecule is O=S(=O)(O)C(F)(F)C(F)(CCOC12CC3CC(CC(C3)C1)C2)C(F)(F)F. The van der Waals surface area contributed by atoms with E-state index in [0.29, 0.717) is 37.0 Å². The number of hydrogen-bond donors (Lipinski definition) is 1. The van der Waals surface area contributed by atoms with Gasteiger partial charge in [-0.2, -0.15) is 30.4 Å². The third-order valence-corrected chi connectivity index (χ3v) is 7.04. The van der Waals surface area contributed by atoms with Crippen molar-refractivity contribution < 1.29 is 44.0 Å². The van der Waals surface area contributed by atoms with E-state index in [0.717, 1.165) is 19.3 Å². The molecule has 0 saturated heterocycles. The number of rotatable bonds is 6. The van der Waals surface area contributed by atoms with Crippen LogP contribution in [0.15, 0.2) is 0 Å². The Kier molecular flexibility index (Phi) is 4.64. The average Bonchev–Trinajstić information content (AvgIpc) is 2.42. The average molecular weight is 410 g/mol. The molecular weight excluding hydrogens is 390 g/mol. The summed E-state index contributed by atoms with van der Waals surface area (Å²) < 4.78 is 115. The van der Waals surface area contributed by atoms with Gasteiger partial charge in [0, 0.05) is 6.42 Å². The fraction of sp³-hybridized carbons (Fsp3) is 1.00. The summed E-state index contributed by atoms with van der Waals surface area (Å²) in [6.07, 6.45) is -3.28. The first-order valence-corrected chi connectivity index (χ1v) is 9.88. The van der Waals surface area contributed by atoms with E-state index in [-0.39, 0.29) is 0 Å². The molecule has 0 heterocycles. The standard InChI is InChI=1S/C15H20F6O4S/c16-13(14(17,18)19,15(20,21)26(22,23)24)1-2-25-12-6-9-3-10(7-12)5-11(4-9)8-12/h9-11H,1-8H2,(H,22,23,24). The number of ether oxygens (including phenoxy) is 1. The summed E-state index contributed by atoms with van der Waals surface area (Å²) in [5.74, 6) is 1.12. The van der Waals surface area contributed by atoms with E-state index in [1.54, 1.807) is 0 Å². The molecule has 0 spiro atoms. The molecule has 0 aromatic rings. The normalized spacial score (nSPS) is 37.0. The minimum atomic E-state index is -6.60. The number of hydrogen-bond acceptors (Lipinski definition) is 3. The van der Waals surface area contributed by atoms with Crippen molar-refractivity contribution in [2.75, 3.05) is 6.61 Å². The second-order valence-electron chi connectivity index (χ2n) is 7.99. The predicted molar refractivity (Wildman–Crippen MR) is 77.9 cm³/mol.